The van der Waals surface area contributed by atoms with Crippen LogP contribution in [0.4, 0.5) is 0 Å². The molecular weight excluding hydrogens is 320 g/mol. The van der Waals surface area contributed by atoms with Crippen LogP contribution in [0.2, 0.25) is 0 Å². The summed E-state index contributed by atoms with van der Waals surface area (Å²) in [7, 11) is 1.44. The number of carbonyl (C=O) groups is 2. The zero-order valence-electron chi connectivity index (χ0n) is 13.9. The van der Waals surface area contributed by atoms with Crippen molar-refractivity contribution < 1.29 is 24.5 Å². The van der Waals surface area contributed by atoms with Crippen LogP contribution in [0.15, 0.2) is 48.6 Å². The molecule has 5 nitrogen and oxygen atoms in total. The number of allylic oxidation sites excluding steroid dienone is 2. The summed E-state index contributed by atoms with van der Waals surface area (Å²) in [6.07, 6.45) is 5.82. The summed E-state index contributed by atoms with van der Waals surface area (Å²) in [6, 6.07) is 9.08. The minimum atomic E-state index is -0.328. The van der Waals surface area contributed by atoms with E-state index in [1.165, 1.54) is 50.5 Å². The second-order valence-corrected chi connectivity index (χ2v) is 5.34. The second kappa shape index (κ2) is 7.97. The summed E-state index contributed by atoms with van der Waals surface area (Å²) in [5.41, 5.74) is 1.48. The molecule has 5 heteroatoms. The number of methoxy groups -OCH3 is 1. The first-order valence-electron chi connectivity index (χ1n) is 7.52. The molecule has 0 aliphatic carbocycles. The Morgan fingerprint density at radius 2 is 1.76 bits per heavy atom. The van der Waals surface area contributed by atoms with Gasteiger partial charge in [-0.05, 0) is 54.5 Å². The van der Waals surface area contributed by atoms with Crippen LogP contribution in [0, 0.1) is 0 Å². The molecule has 0 saturated heterocycles. The van der Waals surface area contributed by atoms with Crippen molar-refractivity contribution in [3.63, 3.8) is 0 Å². The summed E-state index contributed by atoms with van der Waals surface area (Å²) in [5, 5.41) is 19.2. The van der Waals surface area contributed by atoms with Crippen molar-refractivity contribution in [1.29, 1.82) is 0 Å². The van der Waals surface area contributed by atoms with Crippen molar-refractivity contribution in [2.45, 2.75) is 6.92 Å². The van der Waals surface area contributed by atoms with Gasteiger partial charge >= 0.3 is 0 Å². The molecule has 128 valence electrons. The lowest BCUT2D eigenvalue weighted by Gasteiger charge is -2.05. The Kier molecular flexibility index (Phi) is 5.74. The Balaban J connectivity index is 2.31. The Morgan fingerprint density at radius 3 is 2.44 bits per heavy atom. The van der Waals surface area contributed by atoms with Gasteiger partial charge in [-0.25, -0.2) is 0 Å². The summed E-state index contributed by atoms with van der Waals surface area (Å²) in [6.45, 7) is 1.41. The predicted molar refractivity (Wildman–Crippen MR) is 95.8 cm³/mol. The Morgan fingerprint density at radius 1 is 1.00 bits per heavy atom. The molecule has 2 aromatic rings. The van der Waals surface area contributed by atoms with Crippen LogP contribution in [-0.4, -0.2) is 28.9 Å². The lowest BCUT2D eigenvalue weighted by Crippen LogP contribution is -1.98. The average Bonchev–Trinajstić information content (AvgIpc) is 2.59. The van der Waals surface area contributed by atoms with Crippen LogP contribution in [0.3, 0.4) is 0 Å². The van der Waals surface area contributed by atoms with Gasteiger partial charge in [-0.1, -0.05) is 24.3 Å². The maximum atomic E-state index is 12.5. The number of aromatic hydroxyl groups is 2. The minimum absolute atomic E-state index is 0.00983. The number of phenols is 2. The van der Waals surface area contributed by atoms with Crippen molar-refractivity contribution in [3.05, 3.63) is 65.2 Å². The van der Waals surface area contributed by atoms with E-state index in [1.807, 2.05) is 0 Å². The minimum Gasteiger partial charge on any atom is -0.508 e. The van der Waals surface area contributed by atoms with E-state index in [4.69, 9.17) is 4.74 Å². The molecule has 0 bridgehead atoms. The summed E-state index contributed by atoms with van der Waals surface area (Å²) in [5.74, 6) is -0.194. The maximum absolute atomic E-state index is 12.5. The van der Waals surface area contributed by atoms with Gasteiger partial charge in [0.2, 0.25) is 0 Å². The lowest BCUT2D eigenvalue weighted by molar-refractivity contribution is -0.112. The highest BCUT2D eigenvalue weighted by molar-refractivity contribution is 6.09. The fourth-order valence-electron chi connectivity index (χ4n) is 2.17. The van der Waals surface area contributed by atoms with Crippen LogP contribution < -0.4 is 4.74 Å². The molecule has 0 atom stereocenters. The van der Waals surface area contributed by atoms with Crippen molar-refractivity contribution in [2.24, 2.45) is 0 Å². The van der Waals surface area contributed by atoms with Crippen LogP contribution in [0.1, 0.15) is 28.4 Å². The average molecular weight is 338 g/mol. The molecule has 0 heterocycles. The number of phenolic OH excluding ortho intramolecular Hbond substituents is 2. The van der Waals surface area contributed by atoms with Crippen molar-refractivity contribution in [3.8, 4) is 17.2 Å². The molecule has 0 aliphatic rings. The highest BCUT2D eigenvalue weighted by Gasteiger charge is 2.09. The summed E-state index contributed by atoms with van der Waals surface area (Å²) >= 11 is 0. The van der Waals surface area contributed by atoms with Crippen LogP contribution in [0.5, 0.6) is 17.2 Å². The third kappa shape index (κ3) is 4.81. The van der Waals surface area contributed by atoms with E-state index in [9.17, 15) is 19.8 Å². The SMILES string of the molecule is COc1cc(C=CC(=O)c2cc(O)ccc2C=CC(C)=O)ccc1O. The van der Waals surface area contributed by atoms with Gasteiger partial charge in [0, 0.05) is 5.56 Å². The van der Waals surface area contributed by atoms with Gasteiger partial charge in [0.25, 0.3) is 0 Å². The predicted octanol–water partition coefficient (Wildman–Crippen LogP) is 3.60. The number of ether oxygens (including phenoxy) is 1. The lowest BCUT2D eigenvalue weighted by atomic mass is 10.0. The first kappa shape index (κ1) is 18.0. The zero-order chi connectivity index (χ0) is 18.4. The van der Waals surface area contributed by atoms with E-state index in [-0.39, 0.29) is 28.6 Å². The molecule has 2 aromatic carbocycles. The highest BCUT2D eigenvalue weighted by atomic mass is 16.5. The number of hydrogen-bond donors (Lipinski definition) is 2. The molecule has 0 radical (unpaired) electrons. The third-order valence-electron chi connectivity index (χ3n) is 3.43. The number of hydrogen-bond acceptors (Lipinski definition) is 5. The van der Waals surface area contributed by atoms with Gasteiger partial charge in [-0.15, -0.1) is 0 Å². The van der Waals surface area contributed by atoms with E-state index >= 15 is 0 Å². The van der Waals surface area contributed by atoms with E-state index in [1.54, 1.807) is 24.3 Å². The molecule has 0 unspecified atom stereocenters. The van der Waals surface area contributed by atoms with Gasteiger partial charge in [0.05, 0.1) is 7.11 Å². The van der Waals surface area contributed by atoms with Gasteiger partial charge in [-0.2, -0.15) is 0 Å². The molecule has 0 aromatic heterocycles. The number of carbonyl (C=O) groups excluding carboxylic acids is 2. The summed E-state index contributed by atoms with van der Waals surface area (Å²) < 4.78 is 5.02. The first-order chi connectivity index (χ1) is 11.9. The van der Waals surface area contributed by atoms with Crippen LogP contribution in [0.25, 0.3) is 12.2 Å². The van der Waals surface area contributed by atoms with Crippen molar-refractivity contribution >= 4 is 23.7 Å². The third-order valence-corrected chi connectivity index (χ3v) is 3.43. The fraction of sp³-hybridized carbons (Fsp3) is 0.100. The largest absolute Gasteiger partial charge is 0.508 e. The zero-order valence-corrected chi connectivity index (χ0v) is 13.9. The Bertz CT molecular complexity index is 862. The van der Waals surface area contributed by atoms with Crippen molar-refractivity contribution in [2.75, 3.05) is 7.11 Å². The number of ketones is 2. The van der Waals surface area contributed by atoms with Gasteiger partial charge < -0.3 is 14.9 Å². The standard InChI is InChI=1S/C20H18O5/c1-13(21)3-6-15-7-8-16(22)12-17(15)18(23)9-4-14-5-10-19(24)20(11-14)25-2/h3-12,22,24H,1-2H3. The molecule has 2 rings (SSSR count). The van der Waals surface area contributed by atoms with E-state index < -0.39 is 0 Å². The molecular formula is C20H18O5. The van der Waals surface area contributed by atoms with Gasteiger partial charge in [0.1, 0.15) is 5.75 Å². The van der Waals surface area contributed by atoms with E-state index in [2.05, 4.69) is 0 Å². The van der Waals surface area contributed by atoms with E-state index in [0.29, 0.717) is 16.9 Å². The Hall–Kier alpha value is -3.34. The van der Waals surface area contributed by atoms with Gasteiger partial charge in [-0.3, -0.25) is 9.59 Å². The number of benzene rings is 2. The van der Waals surface area contributed by atoms with Gasteiger partial charge in [0.15, 0.2) is 23.1 Å². The molecule has 0 saturated carbocycles. The van der Waals surface area contributed by atoms with Crippen molar-refractivity contribution in [1.82, 2.24) is 0 Å². The normalized spacial score (nSPS) is 11.1. The quantitative estimate of drug-likeness (QED) is 0.621. The van der Waals surface area contributed by atoms with Crippen LogP contribution in [-0.2, 0) is 4.79 Å². The smallest absolute Gasteiger partial charge is 0.186 e. The molecule has 2 N–H and O–H groups in total. The maximum Gasteiger partial charge on any atom is 0.186 e. The topological polar surface area (TPSA) is 83.8 Å². The number of rotatable bonds is 6. The molecule has 0 spiro atoms. The molecule has 0 amide bonds. The van der Waals surface area contributed by atoms with E-state index in [0.717, 1.165) is 0 Å². The molecule has 0 fully saturated rings. The summed E-state index contributed by atoms with van der Waals surface area (Å²) in [4.78, 5) is 23.6. The Labute approximate surface area is 145 Å². The first-order valence-corrected chi connectivity index (χ1v) is 7.52. The monoisotopic (exact) mass is 338 g/mol. The molecule has 0 aliphatic heterocycles. The molecule has 25 heavy (non-hydrogen) atoms. The second-order valence-electron chi connectivity index (χ2n) is 5.34. The van der Waals surface area contributed by atoms with Crippen LogP contribution >= 0.6 is 0 Å². The fourth-order valence-corrected chi connectivity index (χ4v) is 2.17. The highest BCUT2D eigenvalue weighted by Crippen LogP contribution is 2.27.